The van der Waals surface area contributed by atoms with Crippen LogP contribution in [0.2, 0.25) is 0 Å². The van der Waals surface area contributed by atoms with Gasteiger partial charge in [-0.25, -0.2) is 0 Å². The lowest BCUT2D eigenvalue weighted by Gasteiger charge is -2.19. The number of anilines is 1. The van der Waals surface area contributed by atoms with Crippen molar-refractivity contribution in [1.29, 1.82) is 0 Å². The number of amides is 1. The lowest BCUT2D eigenvalue weighted by Crippen LogP contribution is -2.27. The van der Waals surface area contributed by atoms with Crippen LogP contribution in [-0.4, -0.2) is 22.2 Å². The summed E-state index contributed by atoms with van der Waals surface area (Å²) < 4.78 is 1.76. The molecule has 0 bridgehead atoms. The van der Waals surface area contributed by atoms with Crippen molar-refractivity contribution in [2.75, 3.05) is 11.9 Å². The Morgan fingerprint density at radius 2 is 2.21 bits per heavy atom. The SMILES string of the molecule is CC(CN)C(=O)Nc1cc(C2CCCCC2)nn1C. The highest BCUT2D eigenvalue weighted by molar-refractivity contribution is 5.91. The lowest BCUT2D eigenvalue weighted by molar-refractivity contribution is -0.119. The Morgan fingerprint density at radius 3 is 2.84 bits per heavy atom. The molecule has 1 amide bonds. The number of nitrogens with zero attached hydrogens (tertiary/aromatic N) is 2. The van der Waals surface area contributed by atoms with E-state index in [1.165, 1.54) is 32.1 Å². The fourth-order valence-corrected chi connectivity index (χ4v) is 2.56. The van der Waals surface area contributed by atoms with Crippen molar-refractivity contribution >= 4 is 11.7 Å². The number of nitrogens with one attached hydrogen (secondary N) is 1. The van der Waals surface area contributed by atoms with Crippen molar-refractivity contribution < 1.29 is 4.79 Å². The third kappa shape index (κ3) is 3.35. The molecule has 106 valence electrons. The van der Waals surface area contributed by atoms with E-state index in [9.17, 15) is 4.79 Å². The fourth-order valence-electron chi connectivity index (χ4n) is 2.56. The van der Waals surface area contributed by atoms with Gasteiger partial charge in [-0.3, -0.25) is 9.48 Å². The first-order chi connectivity index (χ1) is 9.11. The van der Waals surface area contributed by atoms with E-state index in [-0.39, 0.29) is 11.8 Å². The molecule has 1 aliphatic carbocycles. The van der Waals surface area contributed by atoms with Crippen LogP contribution in [0.15, 0.2) is 6.07 Å². The smallest absolute Gasteiger partial charge is 0.229 e. The van der Waals surface area contributed by atoms with Crippen LogP contribution >= 0.6 is 0 Å². The Balaban J connectivity index is 2.05. The van der Waals surface area contributed by atoms with Gasteiger partial charge in [0.2, 0.25) is 5.91 Å². The summed E-state index contributed by atoms with van der Waals surface area (Å²) in [7, 11) is 1.87. The van der Waals surface area contributed by atoms with Crippen molar-refractivity contribution in [3.05, 3.63) is 11.8 Å². The van der Waals surface area contributed by atoms with Gasteiger partial charge in [0.1, 0.15) is 5.82 Å². The molecule has 0 radical (unpaired) electrons. The Kier molecular flexibility index (Phi) is 4.58. The molecule has 0 aliphatic heterocycles. The largest absolute Gasteiger partial charge is 0.330 e. The minimum absolute atomic E-state index is 0.0410. The van der Waals surface area contributed by atoms with Gasteiger partial charge < -0.3 is 11.1 Å². The van der Waals surface area contributed by atoms with Crippen LogP contribution in [0.5, 0.6) is 0 Å². The molecule has 5 nitrogen and oxygen atoms in total. The molecule has 1 unspecified atom stereocenters. The van der Waals surface area contributed by atoms with Crippen LogP contribution in [0.1, 0.15) is 50.6 Å². The number of carbonyl (C=O) groups is 1. The predicted molar refractivity (Wildman–Crippen MR) is 75.9 cm³/mol. The van der Waals surface area contributed by atoms with Crippen LogP contribution in [-0.2, 0) is 11.8 Å². The first kappa shape index (κ1) is 14.1. The summed E-state index contributed by atoms with van der Waals surface area (Å²) in [6.07, 6.45) is 6.33. The van der Waals surface area contributed by atoms with Gasteiger partial charge in [0.05, 0.1) is 5.69 Å². The van der Waals surface area contributed by atoms with E-state index in [0.29, 0.717) is 12.5 Å². The van der Waals surface area contributed by atoms with E-state index < -0.39 is 0 Å². The van der Waals surface area contributed by atoms with E-state index >= 15 is 0 Å². The zero-order chi connectivity index (χ0) is 13.8. The molecule has 1 aliphatic rings. The van der Waals surface area contributed by atoms with E-state index in [4.69, 9.17) is 5.73 Å². The van der Waals surface area contributed by atoms with E-state index in [1.807, 2.05) is 20.0 Å². The van der Waals surface area contributed by atoms with E-state index in [1.54, 1.807) is 4.68 Å². The van der Waals surface area contributed by atoms with Crippen molar-refractivity contribution in [2.45, 2.75) is 44.9 Å². The maximum absolute atomic E-state index is 11.8. The Morgan fingerprint density at radius 1 is 1.53 bits per heavy atom. The number of aryl methyl sites for hydroxylation is 1. The third-order valence-electron chi connectivity index (χ3n) is 3.97. The summed E-state index contributed by atoms with van der Waals surface area (Å²) in [6, 6.07) is 2.01. The second kappa shape index (κ2) is 6.19. The van der Waals surface area contributed by atoms with E-state index in [2.05, 4.69) is 10.4 Å². The number of carbonyl (C=O) groups excluding carboxylic acids is 1. The Hall–Kier alpha value is -1.36. The number of aromatic nitrogens is 2. The molecule has 1 aromatic heterocycles. The number of hydrogen-bond acceptors (Lipinski definition) is 3. The maximum atomic E-state index is 11.8. The number of hydrogen-bond donors (Lipinski definition) is 2. The van der Waals surface area contributed by atoms with Crippen molar-refractivity contribution in [3.63, 3.8) is 0 Å². The molecule has 1 fully saturated rings. The molecular weight excluding hydrogens is 240 g/mol. The van der Waals surface area contributed by atoms with Crippen molar-refractivity contribution in [2.24, 2.45) is 18.7 Å². The Labute approximate surface area is 114 Å². The molecule has 19 heavy (non-hydrogen) atoms. The number of nitrogens with two attached hydrogens (primary N) is 1. The van der Waals surface area contributed by atoms with Gasteiger partial charge in [0.15, 0.2) is 0 Å². The van der Waals surface area contributed by atoms with Crippen LogP contribution in [0.4, 0.5) is 5.82 Å². The fraction of sp³-hybridized carbons (Fsp3) is 0.714. The van der Waals surface area contributed by atoms with Crippen LogP contribution in [0.3, 0.4) is 0 Å². The summed E-state index contributed by atoms with van der Waals surface area (Å²) in [5.41, 5.74) is 6.61. The van der Waals surface area contributed by atoms with Gasteiger partial charge in [-0.05, 0) is 12.8 Å². The van der Waals surface area contributed by atoms with Gasteiger partial charge >= 0.3 is 0 Å². The van der Waals surface area contributed by atoms with Crippen LogP contribution in [0, 0.1) is 5.92 Å². The predicted octanol–water partition coefficient (Wildman–Crippen LogP) is 2.00. The summed E-state index contributed by atoms with van der Waals surface area (Å²) >= 11 is 0. The molecule has 5 heteroatoms. The molecule has 0 saturated heterocycles. The van der Waals surface area contributed by atoms with Gasteiger partial charge in [0.25, 0.3) is 0 Å². The summed E-state index contributed by atoms with van der Waals surface area (Å²) in [5, 5.41) is 7.45. The van der Waals surface area contributed by atoms with Crippen LogP contribution in [0.25, 0.3) is 0 Å². The minimum atomic E-state index is -0.173. The molecule has 1 saturated carbocycles. The first-order valence-electron chi connectivity index (χ1n) is 7.16. The maximum Gasteiger partial charge on any atom is 0.229 e. The van der Waals surface area contributed by atoms with Gasteiger partial charge in [0, 0.05) is 31.5 Å². The van der Waals surface area contributed by atoms with Crippen LogP contribution < -0.4 is 11.1 Å². The molecule has 0 spiro atoms. The summed E-state index contributed by atoms with van der Waals surface area (Å²) in [5.74, 6) is 1.11. The molecule has 1 aromatic rings. The highest BCUT2D eigenvalue weighted by Crippen LogP contribution is 2.32. The topological polar surface area (TPSA) is 72.9 Å². The molecule has 1 heterocycles. The molecule has 3 N–H and O–H groups in total. The Bertz CT molecular complexity index is 435. The van der Waals surface area contributed by atoms with Crippen molar-refractivity contribution in [3.8, 4) is 0 Å². The highest BCUT2D eigenvalue weighted by atomic mass is 16.2. The van der Waals surface area contributed by atoms with E-state index in [0.717, 1.165) is 11.5 Å². The average Bonchev–Trinajstić information content (AvgIpc) is 2.80. The lowest BCUT2D eigenvalue weighted by atomic mass is 9.87. The summed E-state index contributed by atoms with van der Waals surface area (Å²) in [4.78, 5) is 11.8. The minimum Gasteiger partial charge on any atom is -0.330 e. The highest BCUT2D eigenvalue weighted by Gasteiger charge is 2.20. The van der Waals surface area contributed by atoms with Gasteiger partial charge in [-0.2, -0.15) is 5.10 Å². The average molecular weight is 264 g/mol. The molecular formula is C14H24N4O. The zero-order valence-corrected chi connectivity index (χ0v) is 11.9. The normalized spacial score (nSPS) is 18.3. The standard InChI is InChI=1S/C14H24N4O/c1-10(9-15)14(19)16-13-8-12(17-18(13)2)11-6-4-3-5-7-11/h8,10-11H,3-7,9,15H2,1-2H3,(H,16,19). The quantitative estimate of drug-likeness (QED) is 0.873. The summed E-state index contributed by atoms with van der Waals surface area (Å²) in [6.45, 7) is 2.19. The van der Waals surface area contributed by atoms with Gasteiger partial charge in [-0.15, -0.1) is 0 Å². The third-order valence-corrected chi connectivity index (χ3v) is 3.97. The second-order valence-electron chi connectivity index (χ2n) is 5.54. The number of rotatable bonds is 4. The molecule has 1 atom stereocenters. The zero-order valence-electron chi connectivity index (χ0n) is 11.9. The molecule has 0 aromatic carbocycles. The molecule has 2 rings (SSSR count). The van der Waals surface area contributed by atoms with Crippen molar-refractivity contribution in [1.82, 2.24) is 9.78 Å². The van der Waals surface area contributed by atoms with Gasteiger partial charge in [-0.1, -0.05) is 26.2 Å². The second-order valence-corrected chi connectivity index (χ2v) is 5.54. The first-order valence-corrected chi connectivity index (χ1v) is 7.16. The monoisotopic (exact) mass is 264 g/mol.